The summed E-state index contributed by atoms with van der Waals surface area (Å²) >= 11 is 2.81. The highest BCUT2D eigenvalue weighted by molar-refractivity contribution is 7.99. The second kappa shape index (κ2) is 9.11. The number of thiophene rings is 1. The molecule has 29 heavy (non-hydrogen) atoms. The van der Waals surface area contributed by atoms with Gasteiger partial charge in [0.1, 0.15) is 12.4 Å². The number of sulfonamides is 1. The molecular weight excluding hydrogens is 436 g/mol. The molecule has 0 radical (unpaired) electrons. The van der Waals surface area contributed by atoms with Gasteiger partial charge in [-0.15, -0.1) is 21.5 Å². The molecule has 0 amide bonds. The van der Waals surface area contributed by atoms with Gasteiger partial charge in [0.25, 0.3) is 10.0 Å². The quantitative estimate of drug-likeness (QED) is 0.357. The van der Waals surface area contributed by atoms with E-state index in [1.54, 1.807) is 11.3 Å². The fraction of sp³-hybridized carbons (Fsp3) is 0.353. The predicted molar refractivity (Wildman–Crippen MR) is 109 cm³/mol. The Balaban J connectivity index is 1.56. The number of rotatable bonds is 9. The number of carbonyl (C=O) groups is 1. The molecule has 3 rings (SSSR count). The summed E-state index contributed by atoms with van der Waals surface area (Å²) in [5.74, 6) is 0.599. The Kier molecular flexibility index (Phi) is 6.77. The topological polar surface area (TPSA) is 108 Å². The van der Waals surface area contributed by atoms with Crippen molar-refractivity contribution in [1.29, 1.82) is 0 Å². The summed E-state index contributed by atoms with van der Waals surface area (Å²) in [4.78, 5) is 13.1. The Morgan fingerprint density at radius 3 is 2.76 bits per heavy atom. The van der Waals surface area contributed by atoms with E-state index in [0.717, 1.165) is 15.0 Å². The fourth-order valence-electron chi connectivity index (χ4n) is 2.34. The van der Waals surface area contributed by atoms with Crippen molar-refractivity contribution in [3.63, 3.8) is 0 Å². The highest BCUT2D eigenvalue weighted by Gasteiger charge is 2.22. The third-order valence-electron chi connectivity index (χ3n) is 3.84. The zero-order chi connectivity index (χ0) is 21.0. The van der Waals surface area contributed by atoms with Gasteiger partial charge in [-0.2, -0.15) is 0 Å². The smallest absolute Gasteiger partial charge is 0.316 e. The number of aromatic nitrogens is 3. The van der Waals surface area contributed by atoms with E-state index in [2.05, 4.69) is 10.2 Å². The van der Waals surface area contributed by atoms with Crippen molar-refractivity contribution in [2.24, 2.45) is 0 Å². The summed E-state index contributed by atoms with van der Waals surface area (Å²) in [6, 6.07) is 6.72. The van der Waals surface area contributed by atoms with Gasteiger partial charge in [0.05, 0.1) is 10.6 Å². The molecule has 0 unspecified atom stereocenters. The highest BCUT2D eigenvalue weighted by Crippen LogP contribution is 2.27. The molecule has 3 heterocycles. The average molecular weight is 457 g/mol. The first-order valence-corrected chi connectivity index (χ1v) is 11.9. The second-order valence-electron chi connectivity index (χ2n) is 5.99. The van der Waals surface area contributed by atoms with Crippen LogP contribution in [0.25, 0.3) is 10.7 Å². The van der Waals surface area contributed by atoms with E-state index >= 15 is 0 Å². The lowest BCUT2D eigenvalue weighted by molar-refractivity contribution is -0.142. The number of ether oxygens (including phenoxy) is 1. The zero-order valence-electron chi connectivity index (χ0n) is 16.1. The maximum Gasteiger partial charge on any atom is 0.316 e. The van der Waals surface area contributed by atoms with Crippen molar-refractivity contribution in [2.75, 3.05) is 19.8 Å². The second-order valence-corrected chi connectivity index (χ2v) is 9.96. The van der Waals surface area contributed by atoms with Gasteiger partial charge in [0.15, 0.2) is 11.0 Å². The summed E-state index contributed by atoms with van der Waals surface area (Å²) in [7, 11) is -0.839. The van der Waals surface area contributed by atoms with E-state index in [0.29, 0.717) is 11.7 Å². The van der Waals surface area contributed by atoms with Crippen LogP contribution in [0, 0.1) is 0 Å². The van der Waals surface area contributed by atoms with E-state index in [9.17, 15) is 13.2 Å². The standard InChI is InChI=1S/C17H20N4O5S3/c1-4-21-16(13-6-5-9-27-13)18-19-17(21)28-11-14(22)25-10-12-7-8-15(26-12)29(23,24)20(2)3/h5-9H,4,10-11H2,1-3H3. The highest BCUT2D eigenvalue weighted by atomic mass is 32.2. The average Bonchev–Trinajstić information content (AvgIpc) is 3.44. The Morgan fingerprint density at radius 2 is 2.10 bits per heavy atom. The van der Waals surface area contributed by atoms with Gasteiger partial charge in [0, 0.05) is 20.6 Å². The molecule has 0 aromatic carbocycles. The fourth-order valence-corrected chi connectivity index (χ4v) is 4.67. The van der Waals surface area contributed by atoms with E-state index in [1.807, 2.05) is 29.0 Å². The van der Waals surface area contributed by atoms with Crippen molar-refractivity contribution < 1.29 is 22.4 Å². The molecule has 3 aromatic rings. The molecule has 0 N–H and O–H groups in total. The Morgan fingerprint density at radius 1 is 1.31 bits per heavy atom. The Labute approximate surface area is 176 Å². The molecule has 156 valence electrons. The monoisotopic (exact) mass is 456 g/mol. The van der Waals surface area contributed by atoms with Gasteiger partial charge >= 0.3 is 5.97 Å². The van der Waals surface area contributed by atoms with Crippen LogP contribution in [0.15, 0.2) is 44.3 Å². The van der Waals surface area contributed by atoms with Crippen LogP contribution in [-0.2, 0) is 32.7 Å². The van der Waals surface area contributed by atoms with Gasteiger partial charge in [0.2, 0.25) is 5.09 Å². The SMILES string of the molecule is CCn1c(SCC(=O)OCc2ccc(S(=O)(=O)N(C)C)o2)nnc1-c1cccs1. The lowest BCUT2D eigenvalue weighted by Crippen LogP contribution is -2.21. The van der Waals surface area contributed by atoms with Crippen LogP contribution in [0.4, 0.5) is 0 Å². The van der Waals surface area contributed by atoms with Gasteiger partial charge in [-0.05, 0) is 30.5 Å². The third-order valence-corrected chi connectivity index (χ3v) is 7.34. The summed E-state index contributed by atoms with van der Waals surface area (Å²) in [5.41, 5.74) is 0. The number of furan rings is 1. The molecule has 0 saturated carbocycles. The maximum atomic E-state index is 12.1. The molecule has 3 aromatic heterocycles. The largest absolute Gasteiger partial charge is 0.457 e. The summed E-state index contributed by atoms with van der Waals surface area (Å²) in [6.07, 6.45) is 0. The van der Waals surface area contributed by atoms with Crippen molar-refractivity contribution >= 4 is 39.1 Å². The molecule has 9 nitrogen and oxygen atoms in total. The summed E-state index contributed by atoms with van der Waals surface area (Å²) < 4.78 is 37.4. The normalized spacial score (nSPS) is 11.9. The molecule has 0 bridgehead atoms. The van der Waals surface area contributed by atoms with Crippen LogP contribution in [0.3, 0.4) is 0 Å². The number of nitrogens with zero attached hydrogens (tertiary/aromatic N) is 4. The lowest BCUT2D eigenvalue weighted by atomic mass is 10.4. The van der Waals surface area contributed by atoms with Crippen LogP contribution in [0.5, 0.6) is 0 Å². The van der Waals surface area contributed by atoms with Gasteiger partial charge in [-0.25, -0.2) is 12.7 Å². The number of hydrogen-bond acceptors (Lipinski definition) is 9. The zero-order valence-corrected chi connectivity index (χ0v) is 18.5. The third kappa shape index (κ3) is 4.89. The van der Waals surface area contributed by atoms with Gasteiger partial charge in [-0.1, -0.05) is 17.8 Å². The van der Waals surface area contributed by atoms with E-state index in [1.165, 1.54) is 38.0 Å². The maximum absolute atomic E-state index is 12.1. The number of carbonyl (C=O) groups excluding carboxylic acids is 1. The molecule has 0 atom stereocenters. The number of esters is 1. The molecule has 0 saturated heterocycles. The summed E-state index contributed by atoms with van der Waals surface area (Å²) in [6.45, 7) is 2.51. The lowest BCUT2D eigenvalue weighted by Gasteiger charge is -2.08. The van der Waals surface area contributed by atoms with Crippen molar-refractivity contribution in [1.82, 2.24) is 19.1 Å². The first kappa shape index (κ1) is 21.6. The van der Waals surface area contributed by atoms with Crippen LogP contribution in [-0.4, -0.2) is 53.3 Å². The van der Waals surface area contributed by atoms with Crippen molar-refractivity contribution in [2.45, 2.75) is 30.3 Å². The number of hydrogen-bond donors (Lipinski definition) is 0. The predicted octanol–water partition coefficient (Wildman–Crippen LogP) is 2.71. The Hall–Kier alpha value is -2.15. The van der Waals surface area contributed by atoms with Gasteiger partial charge < -0.3 is 13.7 Å². The van der Waals surface area contributed by atoms with Crippen LogP contribution in [0.2, 0.25) is 0 Å². The Bertz CT molecular complexity index is 1070. The van der Waals surface area contributed by atoms with Crippen LogP contribution in [0.1, 0.15) is 12.7 Å². The van der Waals surface area contributed by atoms with Crippen molar-refractivity contribution in [3.8, 4) is 10.7 Å². The van der Waals surface area contributed by atoms with E-state index < -0.39 is 16.0 Å². The molecule has 0 aliphatic carbocycles. The number of thioether (sulfide) groups is 1. The molecule has 12 heteroatoms. The van der Waals surface area contributed by atoms with E-state index in [-0.39, 0.29) is 23.2 Å². The first-order valence-electron chi connectivity index (χ1n) is 8.59. The molecular formula is C17H20N4O5S3. The minimum absolute atomic E-state index is 0.0478. The first-order chi connectivity index (χ1) is 13.8. The minimum atomic E-state index is -3.66. The van der Waals surface area contributed by atoms with E-state index in [4.69, 9.17) is 9.15 Å². The summed E-state index contributed by atoms with van der Waals surface area (Å²) in [5, 5.41) is 10.8. The minimum Gasteiger partial charge on any atom is -0.457 e. The molecule has 0 aliphatic heterocycles. The van der Waals surface area contributed by atoms with Crippen molar-refractivity contribution in [3.05, 3.63) is 35.4 Å². The van der Waals surface area contributed by atoms with Crippen LogP contribution >= 0.6 is 23.1 Å². The molecule has 0 aliphatic rings. The van der Waals surface area contributed by atoms with Crippen LogP contribution < -0.4 is 0 Å². The molecule has 0 spiro atoms. The van der Waals surface area contributed by atoms with Gasteiger partial charge in [-0.3, -0.25) is 4.79 Å². The molecule has 0 fully saturated rings.